The summed E-state index contributed by atoms with van der Waals surface area (Å²) < 4.78 is 0. The maximum absolute atomic E-state index is 9.32. The number of hydrogen-bond acceptors (Lipinski definition) is 2. The fourth-order valence-electron chi connectivity index (χ4n) is 2.64. The van der Waals surface area contributed by atoms with Crippen LogP contribution < -0.4 is 0 Å². The van der Waals surface area contributed by atoms with E-state index in [-0.39, 0.29) is 0 Å². The zero-order valence-electron chi connectivity index (χ0n) is 10.0. The molecule has 88 valence electrons. The summed E-state index contributed by atoms with van der Waals surface area (Å²) in [5.74, 6) is 0. The zero-order valence-corrected chi connectivity index (χ0v) is 10.0. The first-order valence-corrected chi connectivity index (χ1v) is 6.07. The van der Waals surface area contributed by atoms with Crippen molar-refractivity contribution in [2.45, 2.75) is 0 Å². The van der Waals surface area contributed by atoms with E-state index in [1.807, 2.05) is 36.4 Å². The van der Waals surface area contributed by atoms with Gasteiger partial charge in [0.1, 0.15) is 0 Å². The molecule has 0 aliphatic heterocycles. The van der Waals surface area contributed by atoms with Gasteiger partial charge in [0.05, 0.1) is 22.7 Å². The van der Waals surface area contributed by atoms with Crippen molar-refractivity contribution in [3.63, 3.8) is 0 Å². The van der Waals surface area contributed by atoms with Crippen LogP contribution in [0.4, 0.5) is 0 Å². The van der Waals surface area contributed by atoms with Crippen molar-refractivity contribution in [1.29, 1.82) is 5.26 Å². The SMILES string of the molecule is N#Cc1cc2c3ccccc3[nH]c2c2ncccc12. The second-order valence-corrected chi connectivity index (χ2v) is 4.53. The lowest BCUT2D eigenvalue weighted by Crippen LogP contribution is -1.84. The molecule has 3 nitrogen and oxygen atoms in total. The van der Waals surface area contributed by atoms with Crippen LogP contribution in [0.5, 0.6) is 0 Å². The van der Waals surface area contributed by atoms with Gasteiger partial charge < -0.3 is 4.98 Å². The molecule has 2 aromatic carbocycles. The van der Waals surface area contributed by atoms with Crippen LogP contribution in [0.3, 0.4) is 0 Å². The van der Waals surface area contributed by atoms with Gasteiger partial charge in [0.2, 0.25) is 0 Å². The highest BCUT2D eigenvalue weighted by molar-refractivity contribution is 6.17. The van der Waals surface area contributed by atoms with Crippen LogP contribution in [0, 0.1) is 11.3 Å². The first-order valence-electron chi connectivity index (χ1n) is 6.07. The molecular formula is C16H9N3. The van der Waals surface area contributed by atoms with E-state index in [9.17, 15) is 5.26 Å². The summed E-state index contributed by atoms with van der Waals surface area (Å²) in [7, 11) is 0. The van der Waals surface area contributed by atoms with Gasteiger partial charge in [-0.3, -0.25) is 4.98 Å². The maximum Gasteiger partial charge on any atom is 0.0999 e. The summed E-state index contributed by atoms with van der Waals surface area (Å²) in [5.41, 5.74) is 3.59. The Labute approximate surface area is 109 Å². The number of H-pyrrole nitrogens is 1. The second-order valence-electron chi connectivity index (χ2n) is 4.53. The molecule has 4 aromatic rings. The molecular weight excluding hydrogens is 234 g/mol. The Hall–Kier alpha value is -2.86. The van der Waals surface area contributed by atoms with Gasteiger partial charge in [-0.1, -0.05) is 18.2 Å². The Morgan fingerprint density at radius 1 is 1.00 bits per heavy atom. The van der Waals surface area contributed by atoms with Crippen LogP contribution in [0.15, 0.2) is 48.7 Å². The molecule has 0 bridgehead atoms. The van der Waals surface area contributed by atoms with Crippen LogP contribution in [0.25, 0.3) is 32.7 Å². The number of rotatable bonds is 0. The van der Waals surface area contributed by atoms with Crippen LogP contribution in [-0.4, -0.2) is 9.97 Å². The molecule has 0 aliphatic rings. The minimum Gasteiger partial charge on any atom is -0.353 e. The van der Waals surface area contributed by atoms with Crippen LogP contribution >= 0.6 is 0 Å². The lowest BCUT2D eigenvalue weighted by Gasteiger charge is -2.01. The van der Waals surface area contributed by atoms with Crippen LogP contribution in [0.2, 0.25) is 0 Å². The average Bonchev–Trinajstić information content (AvgIpc) is 2.85. The van der Waals surface area contributed by atoms with Crippen molar-refractivity contribution in [2.24, 2.45) is 0 Å². The molecule has 0 unspecified atom stereocenters. The molecule has 0 atom stereocenters. The first kappa shape index (κ1) is 10.1. The van der Waals surface area contributed by atoms with Gasteiger partial charge in [0, 0.05) is 27.9 Å². The second kappa shape index (κ2) is 3.56. The minimum atomic E-state index is 0.667. The van der Waals surface area contributed by atoms with E-state index < -0.39 is 0 Å². The summed E-state index contributed by atoms with van der Waals surface area (Å²) in [6.45, 7) is 0. The third-order valence-corrected chi connectivity index (χ3v) is 3.49. The molecule has 0 amide bonds. The number of aromatic nitrogens is 2. The smallest absolute Gasteiger partial charge is 0.0999 e. The molecule has 0 aliphatic carbocycles. The molecule has 2 aromatic heterocycles. The minimum absolute atomic E-state index is 0.667. The third kappa shape index (κ3) is 1.28. The molecule has 0 saturated heterocycles. The lowest BCUT2D eigenvalue weighted by molar-refractivity contribution is 1.40. The quantitative estimate of drug-likeness (QED) is 0.511. The Morgan fingerprint density at radius 3 is 2.74 bits per heavy atom. The largest absolute Gasteiger partial charge is 0.353 e. The molecule has 4 rings (SSSR count). The molecule has 19 heavy (non-hydrogen) atoms. The van der Waals surface area contributed by atoms with Crippen LogP contribution in [-0.2, 0) is 0 Å². The molecule has 1 N–H and O–H groups in total. The van der Waals surface area contributed by atoms with Crippen molar-refractivity contribution in [3.05, 3.63) is 54.2 Å². The molecule has 0 spiro atoms. The highest BCUT2D eigenvalue weighted by Gasteiger charge is 2.11. The van der Waals surface area contributed by atoms with E-state index in [0.29, 0.717) is 5.56 Å². The predicted molar refractivity (Wildman–Crippen MR) is 75.8 cm³/mol. The maximum atomic E-state index is 9.32. The van der Waals surface area contributed by atoms with Crippen molar-refractivity contribution >= 4 is 32.7 Å². The van der Waals surface area contributed by atoms with Crippen molar-refractivity contribution in [3.8, 4) is 6.07 Å². The monoisotopic (exact) mass is 243 g/mol. The van der Waals surface area contributed by atoms with Gasteiger partial charge in [-0.15, -0.1) is 0 Å². The van der Waals surface area contributed by atoms with Crippen molar-refractivity contribution < 1.29 is 0 Å². The molecule has 2 heterocycles. The highest BCUT2D eigenvalue weighted by Crippen LogP contribution is 2.31. The summed E-state index contributed by atoms with van der Waals surface area (Å²) in [6.07, 6.45) is 1.76. The topological polar surface area (TPSA) is 52.5 Å². The van der Waals surface area contributed by atoms with E-state index >= 15 is 0 Å². The van der Waals surface area contributed by atoms with E-state index in [1.54, 1.807) is 6.20 Å². The normalized spacial score (nSPS) is 11.1. The molecule has 0 fully saturated rings. The van der Waals surface area contributed by atoms with Gasteiger partial charge >= 0.3 is 0 Å². The van der Waals surface area contributed by atoms with Gasteiger partial charge in [-0.25, -0.2) is 0 Å². The number of nitrogens with zero attached hydrogens (tertiary/aromatic N) is 2. The summed E-state index contributed by atoms with van der Waals surface area (Å²) >= 11 is 0. The average molecular weight is 243 g/mol. The molecule has 3 heteroatoms. The van der Waals surface area contributed by atoms with Crippen molar-refractivity contribution in [1.82, 2.24) is 9.97 Å². The number of hydrogen-bond donors (Lipinski definition) is 1. The van der Waals surface area contributed by atoms with Crippen LogP contribution in [0.1, 0.15) is 5.56 Å². The Bertz CT molecular complexity index is 974. The first-order chi connectivity index (χ1) is 9.38. The van der Waals surface area contributed by atoms with Gasteiger partial charge in [-0.05, 0) is 24.3 Å². The van der Waals surface area contributed by atoms with Crippen molar-refractivity contribution in [2.75, 3.05) is 0 Å². The summed E-state index contributed by atoms with van der Waals surface area (Å²) in [6, 6.07) is 16.1. The fraction of sp³-hybridized carbons (Fsp3) is 0. The number of pyridine rings is 1. The third-order valence-electron chi connectivity index (χ3n) is 3.49. The Balaban J connectivity index is 2.36. The number of nitriles is 1. The highest BCUT2D eigenvalue weighted by atomic mass is 14.8. The van der Waals surface area contributed by atoms with E-state index in [2.05, 4.69) is 22.1 Å². The Kier molecular flexibility index (Phi) is 1.89. The van der Waals surface area contributed by atoms with Gasteiger partial charge in [0.25, 0.3) is 0 Å². The molecule has 0 saturated carbocycles. The number of para-hydroxylation sites is 1. The van der Waals surface area contributed by atoms with E-state index in [1.165, 1.54) is 0 Å². The summed E-state index contributed by atoms with van der Waals surface area (Å²) in [5, 5.41) is 12.4. The Morgan fingerprint density at radius 2 is 1.84 bits per heavy atom. The standard InChI is InChI=1S/C16H9N3/c17-9-10-8-13-12-4-1-2-6-14(12)19-16(13)15-11(10)5-3-7-18-15/h1-8,19H. The lowest BCUT2D eigenvalue weighted by atomic mass is 10.0. The number of benzene rings is 2. The predicted octanol–water partition coefficient (Wildman–Crippen LogP) is 3.74. The number of fused-ring (bicyclic) bond motifs is 5. The fourth-order valence-corrected chi connectivity index (χ4v) is 2.64. The van der Waals surface area contributed by atoms with Gasteiger partial charge in [-0.2, -0.15) is 5.26 Å². The van der Waals surface area contributed by atoms with Gasteiger partial charge in [0.15, 0.2) is 0 Å². The van der Waals surface area contributed by atoms with E-state index in [4.69, 9.17) is 0 Å². The number of aromatic amines is 1. The zero-order chi connectivity index (χ0) is 12.8. The molecule has 0 radical (unpaired) electrons. The summed E-state index contributed by atoms with van der Waals surface area (Å²) in [4.78, 5) is 7.83. The number of nitrogens with one attached hydrogen (secondary N) is 1. The van der Waals surface area contributed by atoms with E-state index in [0.717, 1.165) is 32.7 Å².